The molecule has 1 aliphatic heterocycles. The molecule has 0 bridgehead atoms. The second kappa shape index (κ2) is 4.57. The molecule has 6 nitrogen and oxygen atoms in total. The minimum absolute atomic E-state index is 0.146. The van der Waals surface area contributed by atoms with Crippen molar-refractivity contribution in [2.24, 2.45) is 5.92 Å². The van der Waals surface area contributed by atoms with E-state index in [1.54, 1.807) is 0 Å². The number of terminal acetylenes is 1. The zero-order chi connectivity index (χ0) is 12.4. The standard InChI is InChI=1S/C11H12N2O4/c1-2-7-5-8(6-14)17-10(7)13-4-3-9(15)12-11(13)16/h1,3-4,7-8,10,14H,5-6H2,(H,12,15,16)/t7-,8-,10+/m0/s1. The summed E-state index contributed by atoms with van der Waals surface area (Å²) in [4.78, 5) is 24.7. The largest absolute Gasteiger partial charge is 0.394 e. The molecule has 0 aromatic carbocycles. The van der Waals surface area contributed by atoms with Crippen molar-refractivity contribution in [1.29, 1.82) is 0 Å². The first-order valence-electron chi connectivity index (χ1n) is 5.19. The van der Waals surface area contributed by atoms with Crippen molar-refractivity contribution < 1.29 is 9.84 Å². The summed E-state index contributed by atoms with van der Waals surface area (Å²) in [6.45, 7) is -0.146. The predicted octanol–water partition coefficient (Wildman–Crippen LogP) is -0.934. The molecule has 0 amide bonds. The molecule has 2 rings (SSSR count). The highest BCUT2D eigenvalue weighted by Crippen LogP contribution is 2.32. The molecule has 3 atom stereocenters. The van der Waals surface area contributed by atoms with Gasteiger partial charge in [0.1, 0.15) is 0 Å². The Morgan fingerprint density at radius 2 is 2.41 bits per heavy atom. The molecule has 90 valence electrons. The number of aliphatic hydroxyl groups is 1. The zero-order valence-electron chi connectivity index (χ0n) is 9.00. The average Bonchev–Trinajstić information content (AvgIpc) is 2.72. The lowest BCUT2D eigenvalue weighted by atomic mass is 10.0. The number of aromatic nitrogens is 2. The van der Waals surface area contributed by atoms with Crippen LogP contribution in [-0.4, -0.2) is 27.4 Å². The average molecular weight is 236 g/mol. The summed E-state index contributed by atoms with van der Waals surface area (Å²) in [7, 11) is 0. The van der Waals surface area contributed by atoms with Gasteiger partial charge in [0.15, 0.2) is 6.23 Å². The minimum atomic E-state index is -0.638. The summed E-state index contributed by atoms with van der Waals surface area (Å²) < 4.78 is 6.71. The van der Waals surface area contributed by atoms with Crippen LogP contribution >= 0.6 is 0 Å². The maximum atomic E-state index is 11.6. The maximum Gasteiger partial charge on any atom is 0.330 e. The molecule has 0 unspecified atom stereocenters. The molecule has 2 heterocycles. The van der Waals surface area contributed by atoms with Gasteiger partial charge in [0.05, 0.1) is 18.6 Å². The summed E-state index contributed by atoms with van der Waals surface area (Å²) in [6.07, 6.45) is 6.18. The van der Waals surface area contributed by atoms with Crippen LogP contribution in [0.5, 0.6) is 0 Å². The Balaban J connectivity index is 2.36. The van der Waals surface area contributed by atoms with Crippen LogP contribution in [0.4, 0.5) is 0 Å². The molecule has 6 heteroatoms. The Kier molecular flexibility index (Phi) is 3.13. The molecule has 1 fully saturated rings. The van der Waals surface area contributed by atoms with Gasteiger partial charge in [-0.1, -0.05) is 5.92 Å². The van der Waals surface area contributed by atoms with Crippen LogP contribution < -0.4 is 11.2 Å². The van der Waals surface area contributed by atoms with Gasteiger partial charge in [-0.2, -0.15) is 0 Å². The molecule has 0 radical (unpaired) electrons. The normalized spacial score (nSPS) is 27.9. The summed E-state index contributed by atoms with van der Waals surface area (Å²) in [6, 6.07) is 1.23. The fraction of sp³-hybridized carbons (Fsp3) is 0.455. The van der Waals surface area contributed by atoms with Crippen molar-refractivity contribution in [2.45, 2.75) is 18.8 Å². The number of hydrogen-bond acceptors (Lipinski definition) is 4. The monoisotopic (exact) mass is 236 g/mol. The first kappa shape index (κ1) is 11.6. The lowest BCUT2D eigenvalue weighted by Gasteiger charge is -2.16. The van der Waals surface area contributed by atoms with Crippen LogP contribution in [0.1, 0.15) is 12.6 Å². The number of ether oxygens (including phenoxy) is 1. The highest BCUT2D eigenvalue weighted by molar-refractivity contribution is 5.01. The lowest BCUT2D eigenvalue weighted by molar-refractivity contribution is -0.0304. The number of H-pyrrole nitrogens is 1. The van der Waals surface area contributed by atoms with Gasteiger partial charge in [-0.25, -0.2) is 4.79 Å². The number of aromatic amines is 1. The fourth-order valence-electron chi connectivity index (χ4n) is 1.90. The Bertz CT molecular complexity index is 554. The van der Waals surface area contributed by atoms with E-state index in [4.69, 9.17) is 16.3 Å². The number of nitrogens with one attached hydrogen (secondary N) is 1. The van der Waals surface area contributed by atoms with Crippen LogP contribution in [0.3, 0.4) is 0 Å². The minimum Gasteiger partial charge on any atom is -0.394 e. The molecule has 0 saturated carbocycles. The fourth-order valence-corrected chi connectivity index (χ4v) is 1.90. The maximum absolute atomic E-state index is 11.6. The Morgan fingerprint density at radius 1 is 1.65 bits per heavy atom. The third-order valence-corrected chi connectivity index (χ3v) is 2.74. The second-order valence-electron chi connectivity index (χ2n) is 3.86. The van der Waals surface area contributed by atoms with Crippen LogP contribution in [0.15, 0.2) is 21.9 Å². The van der Waals surface area contributed by atoms with E-state index in [1.807, 2.05) is 0 Å². The van der Waals surface area contributed by atoms with E-state index in [1.165, 1.54) is 16.8 Å². The molecule has 2 N–H and O–H groups in total. The van der Waals surface area contributed by atoms with Crippen molar-refractivity contribution >= 4 is 0 Å². The van der Waals surface area contributed by atoms with Gasteiger partial charge in [0.2, 0.25) is 0 Å². The predicted molar refractivity (Wildman–Crippen MR) is 59.3 cm³/mol. The number of hydrogen-bond donors (Lipinski definition) is 2. The lowest BCUT2D eigenvalue weighted by Crippen LogP contribution is -2.33. The molecule has 1 aromatic rings. The third-order valence-electron chi connectivity index (χ3n) is 2.74. The number of nitrogens with zero attached hydrogens (tertiary/aromatic N) is 1. The molecule has 0 aliphatic carbocycles. The summed E-state index contributed by atoms with van der Waals surface area (Å²) in [5.74, 6) is 2.24. The Labute approximate surface area is 96.9 Å². The van der Waals surface area contributed by atoms with E-state index >= 15 is 0 Å². The van der Waals surface area contributed by atoms with E-state index in [0.717, 1.165) is 0 Å². The van der Waals surface area contributed by atoms with Crippen LogP contribution in [0.25, 0.3) is 0 Å². The van der Waals surface area contributed by atoms with Gasteiger partial charge in [-0.15, -0.1) is 6.42 Å². The molecule has 1 aromatic heterocycles. The smallest absolute Gasteiger partial charge is 0.330 e. The van der Waals surface area contributed by atoms with Gasteiger partial charge in [-0.3, -0.25) is 14.3 Å². The number of aliphatic hydroxyl groups excluding tert-OH is 1. The molecule has 1 saturated heterocycles. The Morgan fingerprint density at radius 3 is 3.00 bits per heavy atom. The van der Waals surface area contributed by atoms with Crippen LogP contribution in [0.2, 0.25) is 0 Å². The highest BCUT2D eigenvalue weighted by Gasteiger charge is 2.35. The van der Waals surface area contributed by atoms with Crippen molar-refractivity contribution in [3.63, 3.8) is 0 Å². The summed E-state index contributed by atoms with van der Waals surface area (Å²) in [5, 5.41) is 9.02. The van der Waals surface area contributed by atoms with Gasteiger partial charge in [0.25, 0.3) is 5.56 Å². The summed E-state index contributed by atoms with van der Waals surface area (Å²) in [5.41, 5.74) is -1.04. The van der Waals surface area contributed by atoms with E-state index in [2.05, 4.69) is 10.9 Å². The zero-order valence-corrected chi connectivity index (χ0v) is 9.00. The number of rotatable bonds is 2. The molecular formula is C11H12N2O4. The van der Waals surface area contributed by atoms with E-state index in [-0.39, 0.29) is 18.6 Å². The molecule has 1 aliphatic rings. The van der Waals surface area contributed by atoms with Gasteiger partial charge < -0.3 is 9.84 Å². The topological polar surface area (TPSA) is 84.3 Å². The van der Waals surface area contributed by atoms with Crippen molar-refractivity contribution in [3.8, 4) is 12.3 Å². The second-order valence-corrected chi connectivity index (χ2v) is 3.86. The molecule has 0 spiro atoms. The quantitative estimate of drug-likeness (QED) is 0.649. The van der Waals surface area contributed by atoms with E-state index in [9.17, 15) is 9.59 Å². The van der Waals surface area contributed by atoms with Gasteiger partial charge >= 0.3 is 5.69 Å². The van der Waals surface area contributed by atoms with Crippen molar-refractivity contribution in [2.75, 3.05) is 6.61 Å². The first-order chi connectivity index (χ1) is 8.15. The molecular weight excluding hydrogens is 224 g/mol. The highest BCUT2D eigenvalue weighted by atomic mass is 16.5. The Hall–Kier alpha value is -1.84. The van der Waals surface area contributed by atoms with Crippen molar-refractivity contribution in [3.05, 3.63) is 33.1 Å². The van der Waals surface area contributed by atoms with E-state index < -0.39 is 17.5 Å². The molecule has 17 heavy (non-hydrogen) atoms. The van der Waals surface area contributed by atoms with Crippen LogP contribution in [0, 0.1) is 18.3 Å². The van der Waals surface area contributed by atoms with Crippen molar-refractivity contribution in [1.82, 2.24) is 9.55 Å². The summed E-state index contributed by atoms with van der Waals surface area (Å²) >= 11 is 0. The van der Waals surface area contributed by atoms with Gasteiger partial charge in [0, 0.05) is 12.3 Å². The van der Waals surface area contributed by atoms with Gasteiger partial charge in [-0.05, 0) is 6.42 Å². The van der Waals surface area contributed by atoms with E-state index in [0.29, 0.717) is 6.42 Å². The SMILES string of the molecule is C#C[C@H]1C[C@@H](CO)O[C@H]1n1ccc(=O)[nH]c1=O. The first-order valence-corrected chi connectivity index (χ1v) is 5.19. The third kappa shape index (κ3) is 2.16. The van der Waals surface area contributed by atoms with Crippen LogP contribution in [-0.2, 0) is 4.74 Å².